The molecule has 0 bridgehead atoms. The lowest BCUT2D eigenvalue weighted by atomic mass is 10.1. The molecule has 0 aliphatic rings. The van der Waals surface area contributed by atoms with Gasteiger partial charge in [0.2, 0.25) is 11.8 Å². The topological polar surface area (TPSA) is 86.8 Å². The van der Waals surface area contributed by atoms with Gasteiger partial charge in [0.05, 0.1) is 10.6 Å². The molecular weight excluding hydrogens is 510 g/mol. The first-order chi connectivity index (χ1) is 17.4. The first kappa shape index (κ1) is 28.2. The van der Waals surface area contributed by atoms with Gasteiger partial charge in [0, 0.05) is 18.6 Å². The van der Waals surface area contributed by atoms with Crippen molar-refractivity contribution in [2.75, 3.05) is 17.9 Å². The van der Waals surface area contributed by atoms with E-state index in [4.69, 9.17) is 11.6 Å². The number of hydrogen-bond donors (Lipinski definition) is 1. The van der Waals surface area contributed by atoms with Gasteiger partial charge in [0.15, 0.2) is 0 Å². The van der Waals surface area contributed by atoms with E-state index in [9.17, 15) is 18.0 Å². The molecule has 0 fully saturated rings. The number of amides is 2. The second kappa shape index (κ2) is 11.8. The number of likely N-dealkylation sites (N-methyl/N-ethyl adjacent to an activating group) is 1. The molecule has 1 N–H and O–H groups in total. The number of rotatable bonds is 9. The Kier molecular flexibility index (Phi) is 8.99. The van der Waals surface area contributed by atoms with E-state index < -0.39 is 28.5 Å². The van der Waals surface area contributed by atoms with Crippen LogP contribution in [0.2, 0.25) is 5.02 Å². The zero-order valence-electron chi connectivity index (χ0n) is 21.7. The Labute approximate surface area is 224 Å². The second-order valence-electron chi connectivity index (χ2n) is 9.06. The van der Waals surface area contributed by atoms with Gasteiger partial charge < -0.3 is 10.2 Å². The Morgan fingerprint density at radius 3 is 2.22 bits per heavy atom. The van der Waals surface area contributed by atoms with Crippen molar-refractivity contribution in [1.29, 1.82) is 0 Å². The molecule has 37 heavy (non-hydrogen) atoms. The van der Waals surface area contributed by atoms with Crippen LogP contribution in [-0.2, 0) is 26.2 Å². The molecule has 7 nitrogen and oxygen atoms in total. The van der Waals surface area contributed by atoms with Gasteiger partial charge >= 0.3 is 0 Å². The summed E-state index contributed by atoms with van der Waals surface area (Å²) in [7, 11) is -2.64. The van der Waals surface area contributed by atoms with E-state index in [-0.39, 0.29) is 23.0 Å². The summed E-state index contributed by atoms with van der Waals surface area (Å²) < 4.78 is 28.6. The van der Waals surface area contributed by atoms with Crippen molar-refractivity contribution in [2.45, 2.75) is 45.2 Å². The number of nitrogens with one attached hydrogen (secondary N) is 1. The Balaban J connectivity index is 2.06. The monoisotopic (exact) mass is 541 g/mol. The number of sulfonamides is 1. The first-order valence-corrected chi connectivity index (χ1v) is 13.7. The normalized spacial score (nSPS) is 12.1. The van der Waals surface area contributed by atoms with Crippen molar-refractivity contribution in [3.63, 3.8) is 0 Å². The van der Waals surface area contributed by atoms with Crippen LogP contribution in [0.4, 0.5) is 5.69 Å². The molecule has 3 rings (SSSR count). The van der Waals surface area contributed by atoms with Gasteiger partial charge in [-0.05, 0) is 63.1 Å². The van der Waals surface area contributed by atoms with Gasteiger partial charge in [0.1, 0.15) is 12.6 Å². The van der Waals surface area contributed by atoms with Crippen molar-refractivity contribution in [3.05, 3.63) is 94.0 Å². The molecule has 0 aliphatic carbocycles. The predicted octanol–water partition coefficient (Wildman–Crippen LogP) is 4.62. The number of nitrogens with zero attached hydrogens (tertiary/aromatic N) is 2. The number of benzene rings is 3. The summed E-state index contributed by atoms with van der Waals surface area (Å²) in [6.07, 6.45) is 0. The number of aryl methyl sites for hydroxylation is 3. The minimum absolute atomic E-state index is 0.0483. The van der Waals surface area contributed by atoms with Crippen LogP contribution in [0.3, 0.4) is 0 Å². The molecule has 0 spiro atoms. The van der Waals surface area contributed by atoms with Crippen LogP contribution in [0, 0.1) is 20.8 Å². The maximum atomic E-state index is 13.8. The summed E-state index contributed by atoms with van der Waals surface area (Å²) in [6.45, 7) is 6.86. The molecule has 3 aromatic rings. The second-order valence-corrected chi connectivity index (χ2v) is 11.3. The quantitative estimate of drug-likeness (QED) is 0.428. The van der Waals surface area contributed by atoms with E-state index in [1.54, 1.807) is 31.2 Å². The molecule has 0 radical (unpaired) electrons. The van der Waals surface area contributed by atoms with E-state index in [2.05, 4.69) is 5.32 Å². The van der Waals surface area contributed by atoms with Gasteiger partial charge in [-0.3, -0.25) is 13.9 Å². The van der Waals surface area contributed by atoms with Crippen molar-refractivity contribution in [2.24, 2.45) is 0 Å². The minimum atomic E-state index is -4.13. The zero-order chi connectivity index (χ0) is 27.3. The van der Waals surface area contributed by atoms with Crippen LogP contribution < -0.4 is 9.62 Å². The number of halogens is 1. The van der Waals surface area contributed by atoms with Crippen LogP contribution in [-0.4, -0.2) is 44.8 Å². The zero-order valence-corrected chi connectivity index (χ0v) is 23.2. The average Bonchev–Trinajstić information content (AvgIpc) is 2.86. The molecule has 0 heterocycles. The molecule has 1 unspecified atom stereocenters. The third-order valence-corrected chi connectivity index (χ3v) is 8.38. The smallest absolute Gasteiger partial charge is 0.264 e. The molecule has 0 saturated heterocycles. The van der Waals surface area contributed by atoms with Crippen LogP contribution in [0.1, 0.15) is 29.2 Å². The SMILES string of the molecule is CNC(=O)C(C)N(Cc1cccc(C)c1)C(=O)CN(c1ccc(C)c(Cl)c1)S(=O)(=O)c1ccc(C)cc1. The summed E-state index contributed by atoms with van der Waals surface area (Å²) >= 11 is 6.34. The van der Waals surface area contributed by atoms with Crippen LogP contribution in [0.15, 0.2) is 71.6 Å². The fraction of sp³-hybridized carbons (Fsp3) is 0.286. The molecule has 3 aromatic carbocycles. The summed E-state index contributed by atoms with van der Waals surface area (Å²) in [4.78, 5) is 27.8. The molecule has 196 valence electrons. The molecule has 0 saturated carbocycles. The minimum Gasteiger partial charge on any atom is -0.357 e. The highest BCUT2D eigenvalue weighted by molar-refractivity contribution is 7.92. The number of carbonyl (C=O) groups is 2. The first-order valence-electron chi connectivity index (χ1n) is 11.9. The summed E-state index contributed by atoms with van der Waals surface area (Å²) in [5.41, 5.74) is 3.78. The van der Waals surface area contributed by atoms with Crippen LogP contribution >= 0.6 is 11.6 Å². The summed E-state index contributed by atoms with van der Waals surface area (Å²) in [5, 5.41) is 2.95. The molecule has 0 aromatic heterocycles. The van der Waals surface area contributed by atoms with Crippen LogP contribution in [0.5, 0.6) is 0 Å². The predicted molar refractivity (Wildman–Crippen MR) is 147 cm³/mol. The number of hydrogen-bond acceptors (Lipinski definition) is 4. The molecule has 2 amide bonds. The largest absolute Gasteiger partial charge is 0.357 e. The average molecular weight is 542 g/mol. The van der Waals surface area contributed by atoms with Gasteiger partial charge in [-0.2, -0.15) is 0 Å². The van der Waals surface area contributed by atoms with E-state index in [1.165, 1.54) is 30.1 Å². The van der Waals surface area contributed by atoms with E-state index in [1.807, 2.05) is 45.0 Å². The molecule has 9 heteroatoms. The van der Waals surface area contributed by atoms with Crippen molar-refractivity contribution in [3.8, 4) is 0 Å². The molecule has 0 aliphatic heterocycles. The lowest BCUT2D eigenvalue weighted by molar-refractivity contribution is -0.139. The molecular formula is C28H32ClN3O4S. The van der Waals surface area contributed by atoms with Gasteiger partial charge in [-0.1, -0.05) is 65.2 Å². The summed E-state index contributed by atoms with van der Waals surface area (Å²) in [5.74, 6) is -0.877. The fourth-order valence-corrected chi connectivity index (χ4v) is 5.48. The van der Waals surface area contributed by atoms with E-state index in [0.717, 1.165) is 26.6 Å². The van der Waals surface area contributed by atoms with Gasteiger partial charge in [0.25, 0.3) is 10.0 Å². The Hall–Kier alpha value is -3.36. The third-order valence-electron chi connectivity index (χ3n) is 6.18. The highest BCUT2D eigenvalue weighted by Crippen LogP contribution is 2.28. The van der Waals surface area contributed by atoms with Crippen molar-refractivity contribution in [1.82, 2.24) is 10.2 Å². The van der Waals surface area contributed by atoms with E-state index >= 15 is 0 Å². The molecule has 1 atom stereocenters. The van der Waals surface area contributed by atoms with Gasteiger partial charge in [-0.15, -0.1) is 0 Å². The number of carbonyl (C=O) groups excluding carboxylic acids is 2. The highest BCUT2D eigenvalue weighted by Gasteiger charge is 2.32. The fourth-order valence-electron chi connectivity index (χ4n) is 3.90. The Bertz CT molecular complexity index is 1390. The Morgan fingerprint density at radius 1 is 0.946 bits per heavy atom. The highest BCUT2D eigenvalue weighted by atomic mass is 35.5. The maximum absolute atomic E-state index is 13.8. The van der Waals surface area contributed by atoms with E-state index in [0.29, 0.717) is 5.02 Å². The third kappa shape index (κ3) is 6.70. The lowest BCUT2D eigenvalue weighted by Gasteiger charge is -2.32. The lowest BCUT2D eigenvalue weighted by Crippen LogP contribution is -2.50. The summed E-state index contributed by atoms with van der Waals surface area (Å²) in [6, 6.07) is 18.1. The van der Waals surface area contributed by atoms with Gasteiger partial charge in [-0.25, -0.2) is 8.42 Å². The maximum Gasteiger partial charge on any atom is 0.264 e. The standard InChI is InChI=1S/C28H32ClN3O4S/c1-19-9-13-25(14-10-19)37(35,36)32(24-12-11-21(3)26(29)16-24)18-27(33)31(22(4)28(34)30-5)17-23-8-6-7-20(2)15-23/h6-16,22H,17-18H2,1-5H3,(H,30,34). The van der Waals surface area contributed by atoms with Crippen LogP contribution in [0.25, 0.3) is 0 Å². The number of anilines is 1. The van der Waals surface area contributed by atoms with Crippen molar-refractivity contribution >= 4 is 39.1 Å². The Morgan fingerprint density at radius 2 is 1.62 bits per heavy atom. The van der Waals surface area contributed by atoms with Crippen molar-refractivity contribution < 1.29 is 18.0 Å².